The summed E-state index contributed by atoms with van der Waals surface area (Å²) in [7, 11) is 0. The molecule has 1 aromatic rings. The van der Waals surface area contributed by atoms with Gasteiger partial charge in [0.25, 0.3) is 0 Å². The SMILES string of the molecule is CCNCc1cc(Cl)cc(Cl)c1OCCCSCC. The molecule has 0 radical (unpaired) electrons. The Morgan fingerprint density at radius 2 is 2.05 bits per heavy atom. The van der Waals surface area contributed by atoms with Gasteiger partial charge in [-0.15, -0.1) is 0 Å². The maximum atomic E-state index is 6.21. The van der Waals surface area contributed by atoms with Gasteiger partial charge >= 0.3 is 0 Å². The lowest BCUT2D eigenvalue weighted by atomic mass is 10.2. The van der Waals surface area contributed by atoms with Crippen LogP contribution in [0.15, 0.2) is 12.1 Å². The van der Waals surface area contributed by atoms with E-state index in [1.165, 1.54) is 0 Å². The molecular weight excluding hydrogens is 301 g/mol. The normalized spacial score (nSPS) is 10.7. The number of hydrogen-bond acceptors (Lipinski definition) is 3. The van der Waals surface area contributed by atoms with Crippen LogP contribution >= 0.6 is 35.0 Å². The molecule has 0 saturated heterocycles. The largest absolute Gasteiger partial charge is 0.492 e. The molecule has 2 nitrogen and oxygen atoms in total. The van der Waals surface area contributed by atoms with Crippen molar-refractivity contribution in [2.45, 2.75) is 26.8 Å². The molecule has 0 bridgehead atoms. The van der Waals surface area contributed by atoms with Gasteiger partial charge in [-0.25, -0.2) is 0 Å². The Balaban J connectivity index is 2.63. The first-order chi connectivity index (χ1) is 9.19. The van der Waals surface area contributed by atoms with Crippen molar-refractivity contribution in [3.8, 4) is 5.75 Å². The number of benzene rings is 1. The van der Waals surface area contributed by atoms with Gasteiger partial charge in [-0.2, -0.15) is 11.8 Å². The molecule has 1 N–H and O–H groups in total. The lowest BCUT2D eigenvalue weighted by Crippen LogP contribution is -2.13. The van der Waals surface area contributed by atoms with Crippen LogP contribution in [0, 0.1) is 0 Å². The third-order valence-corrected chi connectivity index (χ3v) is 4.02. The first-order valence-corrected chi connectivity index (χ1v) is 8.49. The Morgan fingerprint density at radius 1 is 1.26 bits per heavy atom. The third-order valence-electron chi connectivity index (χ3n) is 2.53. The summed E-state index contributed by atoms with van der Waals surface area (Å²) in [6, 6.07) is 3.64. The minimum absolute atomic E-state index is 0.587. The van der Waals surface area contributed by atoms with Gasteiger partial charge < -0.3 is 10.1 Å². The predicted molar refractivity (Wildman–Crippen MR) is 87.0 cm³/mol. The van der Waals surface area contributed by atoms with Crippen molar-refractivity contribution < 1.29 is 4.74 Å². The molecular formula is C14H21Cl2NOS. The van der Waals surface area contributed by atoms with Gasteiger partial charge in [-0.05, 0) is 36.6 Å². The molecule has 0 heterocycles. The summed E-state index contributed by atoms with van der Waals surface area (Å²) in [5.41, 5.74) is 1.02. The Labute approximate surface area is 130 Å². The average molecular weight is 322 g/mol. The molecule has 0 saturated carbocycles. The summed E-state index contributed by atoms with van der Waals surface area (Å²) < 4.78 is 5.82. The van der Waals surface area contributed by atoms with Crippen LogP contribution in [-0.2, 0) is 6.54 Å². The first kappa shape index (κ1) is 17.0. The van der Waals surface area contributed by atoms with Gasteiger partial charge in [-0.1, -0.05) is 37.0 Å². The fourth-order valence-corrected chi connectivity index (χ4v) is 2.85. The number of nitrogens with one attached hydrogen (secondary N) is 1. The second-order valence-corrected chi connectivity index (χ2v) is 6.29. The molecule has 0 unspecified atom stereocenters. The fourth-order valence-electron chi connectivity index (χ4n) is 1.65. The van der Waals surface area contributed by atoms with Crippen molar-refractivity contribution >= 4 is 35.0 Å². The molecule has 0 aliphatic heterocycles. The van der Waals surface area contributed by atoms with Crippen molar-refractivity contribution in [3.05, 3.63) is 27.7 Å². The zero-order valence-electron chi connectivity index (χ0n) is 11.5. The lowest BCUT2D eigenvalue weighted by Gasteiger charge is -2.14. The van der Waals surface area contributed by atoms with Crippen LogP contribution < -0.4 is 10.1 Å². The van der Waals surface area contributed by atoms with E-state index in [1.54, 1.807) is 6.07 Å². The standard InChI is InChI=1S/C14H21Cl2NOS/c1-3-17-10-11-8-12(15)9-13(16)14(11)18-6-5-7-19-4-2/h8-9,17H,3-7,10H2,1-2H3. The molecule has 0 atom stereocenters. The maximum Gasteiger partial charge on any atom is 0.142 e. The van der Waals surface area contributed by atoms with Gasteiger partial charge in [0.2, 0.25) is 0 Å². The number of ether oxygens (including phenoxy) is 1. The molecule has 5 heteroatoms. The molecule has 19 heavy (non-hydrogen) atoms. The highest BCUT2D eigenvalue weighted by molar-refractivity contribution is 7.99. The second-order valence-electron chi connectivity index (χ2n) is 4.06. The van der Waals surface area contributed by atoms with E-state index in [0.29, 0.717) is 16.7 Å². The Bertz CT molecular complexity index is 388. The van der Waals surface area contributed by atoms with Crippen LogP contribution in [0.4, 0.5) is 0 Å². The highest BCUT2D eigenvalue weighted by Gasteiger charge is 2.10. The van der Waals surface area contributed by atoms with Crippen LogP contribution in [-0.4, -0.2) is 24.7 Å². The van der Waals surface area contributed by atoms with E-state index in [2.05, 4.69) is 19.2 Å². The topological polar surface area (TPSA) is 21.3 Å². The molecule has 0 aliphatic carbocycles. The van der Waals surface area contributed by atoms with E-state index in [9.17, 15) is 0 Å². The molecule has 0 aromatic heterocycles. The number of hydrogen-bond donors (Lipinski definition) is 1. The van der Waals surface area contributed by atoms with Crippen LogP contribution in [0.1, 0.15) is 25.8 Å². The first-order valence-electron chi connectivity index (χ1n) is 6.58. The van der Waals surface area contributed by atoms with Crippen LogP contribution in [0.5, 0.6) is 5.75 Å². The summed E-state index contributed by atoms with van der Waals surface area (Å²) in [5.74, 6) is 3.02. The summed E-state index contributed by atoms with van der Waals surface area (Å²) in [4.78, 5) is 0. The molecule has 1 aromatic carbocycles. The Hall–Kier alpha value is -0.0900. The minimum Gasteiger partial charge on any atom is -0.492 e. The van der Waals surface area contributed by atoms with Crippen molar-refractivity contribution in [1.29, 1.82) is 0 Å². The fraction of sp³-hybridized carbons (Fsp3) is 0.571. The summed E-state index contributed by atoms with van der Waals surface area (Å²) in [6.45, 7) is 6.53. The molecule has 0 amide bonds. The smallest absolute Gasteiger partial charge is 0.142 e. The molecule has 108 valence electrons. The second kappa shape index (κ2) is 9.76. The quantitative estimate of drug-likeness (QED) is 0.670. The summed E-state index contributed by atoms with van der Waals surface area (Å²) in [6.07, 6.45) is 1.03. The predicted octanol–water partition coefficient (Wildman–Crippen LogP) is 4.62. The van der Waals surface area contributed by atoms with E-state index < -0.39 is 0 Å². The van der Waals surface area contributed by atoms with E-state index in [1.807, 2.05) is 17.8 Å². The average Bonchev–Trinajstić information content (AvgIpc) is 2.38. The van der Waals surface area contributed by atoms with Crippen molar-refractivity contribution in [2.24, 2.45) is 0 Å². The van der Waals surface area contributed by atoms with Crippen molar-refractivity contribution in [2.75, 3.05) is 24.7 Å². The third kappa shape index (κ3) is 6.26. The van der Waals surface area contributed by atoms with Gasteiger partial charge in [0, 0.05) is 17.1 Å². The molecule has 0 aliphatic rings. The van der Waals surface area contributed by atoms with Gasteiger partial charge in [0.05, 0.1) is 11.6 Å². The minimum atomic E-state index is 0.587. The highest BCUT2D eigenvalue weighted by atomic mass is 35.5. The van der Waals surface area contributed by atoms with E-state index >= 15 is 0 Å². The van der Waals surface area contributed by atoms with Gasteiger partial charge in [-0.3, -0.25) is 0 Å². The van der Waals surface area contributed by atoms with Crippen LogP contribution in [0.2, 0.25) is 10.0 Å². The summed E-state index contributed by atoms with van der Waals surface area (Å²) >= 11 is 14.2. The van der Waals surface area contributed by atoms with Crippen molar-refractivity contribution in [1.82, 2.24) is 5.32 Å². The van der Waals surface area contributed by atoms with E-state index in [-0.39, 0.29) is 0 Å². The zero-order valence-corrected chi connectivity index (χ0v) is 13.8. The Kier molecular flexibility index (Phi) is 8.71. The maximum absolute atomic E-state index is 6.21. The molecule has 1 rings (SSSR count). The van der Waals surface area contributed by atoms with Gasteiger partial charge in [0.15, 0.2) is 0 Å². The Morgan fingerprint density at radius 3 is 2.74 bits per heavy atom. The summed E-state index contributed by atoms with van der Waals surface area (Å²) in [5, 5.41) is 4.50. The van der Waals surface area contributed by atoms with Gasteiger partial charge in [0.1, 0.15) is 5.75 Å². The van der Waals surface area contributed by atoms with E-state index in [0.717, 1.165) is 42.3 Å². The number of thioether (sulfide) groups is 1. The monoisotopic (exact) mass is 321 g/mol. The number of rotatable bonds is 9. The van der Waals surface area contributed by atoms with Crippen molar-refractivity contribution in [3.63, 3.8) is 0 Å². The number of halogens is 2. The van der Waals surface area contributed by atoms with Crippen LogP contribution in [0.25, 0.3) is 0 Å². The highest BCUT2D eigenvalue weighted by Crippen LogP contribution is 2.32. The zero-order chi connectivity index (χ0) is 14.1. The molecule has 0 spiro atoms. The molecule has 0 fully saturated rings. The van der Waals surface area contributed by atoms with E-state index in [4.69, 9.17) is 27.9 Å². The lowest BCUT2D eigenvalue weighted by molar-refractivity contribution is 0.315. The van der Waals surface area contributed by atoms with Crippen LogP contribution in [0.3, 0.4) is 0 Å².